The minimum Gasteiger partial charge on any atom is -0.353 e. The van der Waals surface area contributed by atoms with Crippen LogP contribution in [0.25, 0.3) is 16.2 Å². The molecule has 0 aliphatic carbocycles. The van der Waals surface area contributed by atoms with Crippen molar-refractivity contribution in [3.63, 3.8) is 0 Å². The van der Waals surface area contributed by atoms with Crippen LogP contribution in [-0.4, -0.2) is 39.3 Å². The Morgan fingerprint density at radius 2 is 1.97 bits per heavy atom. The Morgan fingerprint density at radius 3 is 2.66 bits per heavy atom. The standard InChI is InChI=1S/C22H26N4O2S/c1-15(2)21(28)23-17-8-10-25(11-9-17)13-18-12-20(27)26-19(14-29-22(26)24-18)16-6-4-3-5-7-16/h3-7,12,14-15,17H,8-11,13H2,1-2H3,(H,23,28). The van der Waals surface area contributed by atoms with Gasteiger partial charge in [0.05, 0.1) is 11.4 Å². The summed E-state index contributed by atoms with van der Waals surface area (Å²) < 4.78 is 1.69. The lowest BCUT2D eigenvalue weighted by Gasteiger charge is -2.32. The molecule has 29 heavy (non-hydrogen) atoms. The molecule has 0 radical (unpaired) electrons. The molecule has 1 saturated heterocycles. The van der Waals surface area contributed by atoms with Crippen LogP contribution < -0.4 is 10.9 Å². The molecule has 152 valence electrons. The first-order valence-electron chi connectivity index (χ1n) is 10.1. The van der Waals surface area contributed by atoms with Crippen LogP contribution in [0.4, 0.5) is 0 Å². The number of fused-ring (bicyclic) bond motifs is 1. The predicted octanol–water partition coefficient (Wildman–Crippen LogP) is 3.16. The van der Waals surface area contributed by atoms with Gasteiger partial charge in [0.1, 0.15) is 0 Å². The molecule has 0 saturated carbocycles. The van der Waals surface area contributed by atoms with Crippen LogP contribution in [0, 0.1) is 5.92 Å². The molecule has 1 fully saturated rings. The lowest BCUT2D eigenvalue weighted by molar-refractivity contribution is -0.125. The second-order valence-electron chi connectivity index (χ2n) is 7.90. The van der Waals surface area contributed by atoms with E-state index in [-0.39, 0.29) is 23.4 Å². The van der Waals surface area contributed by atoms with Crippen LogP contribution in [0.2, 0.25) is 0 Å². The Bertz CT molecular complexity index is 1050. The summed E-state index contributed by atoms with van der Waals surface area (Å²) in [5, 5.41) is 5.11. The van der Waals surface area contributed by atoms with Gasteiger partial charge in [-0.1, -0.05) is 44.2 Å². The number of hydrogen-bond donors (Lipinski definition) is 1. The van der Waals surface area contributed by atoms with E-state index in [1.54, 1.807) is 10.5 Å². The average Bonchev–Trinajstić information content (AvgIpc) is 3.14. The number of carbonyl (C=O) groups is 1. The molecule has 7 heteroatoms. The van der Waals surface area contributed by atoms with Gasteiger partial charge in [-0.05, 0) is 18.4 Å². The number of aromatic nitrogens is 2. The summed E-state index contributed by atoms with van der Waals surface area (Å²) in [7, 11) is 0. The molecule has 3 heterocycles. The molecule has 0 spiro atoms. The molecule has 0 unspecified atom stereocenters. The Balaban J connectivity index is 1.45. The first-order chi connectivity index (χ1) is 14.0. The molecule has 1 aromatic carbocycles. The quantitative estimate of drug-likeness (QED) is 0.702. The highest BCUT2D eigenvalue weighted by atomic mass is 32.1. The summed E-state index contributed by atoms with van der Waals surface area (Å²) in [6.45, 7) is 6.28. The Morgan fingerprint density at radius 1 is 1.24 bits per heavy atom. The van der Waals surface area contributed by atoms with Crippen molar-refractivity contribution in [2.24, 2.45) is 5.92 Å². The topological polar surface area (TPSA) is 66.7 Å². The van der Waals surface area contributed by atoms with E-state index in [4.69, 9.17) is 4.98 Å². The molecule has 0 atom stereocenters. The fourth-order valence-corrected chi connectivity index (χ4v) is 4.61. The summed E-state index contributed by atoms with van der Waals surface area (Å²) in [6.07, 6.45) is 1.85. The zero-order chi connectivity index (χ0) is 20.4. The molecular formula is C22H26N4O2S. The van der Waals surface area contributed by atoms with Crippen LogP contribution in [0.15, 0.2) is 46.6 Å². The van der Waals surface area contributed by atoms with E-state index >= 15 is 0 Å². The number of carbonyl (C=O) groups excluding carboxylic acids is 1. The highest BCUT2D eigenvalue weighted by Gasteiger charge is 2.22. The molecule has 4 rings (SSSR count). The maximum absolute atomic E-state index is 12.8. The highest BCUT2D eigenvalue weighted by Crippen LogP contribution is 2.24. The van der Waals surface area contributed by atoms with Crippen LogP contribution >= 0.6 is 11.3 Å². The van der Waals surface area contributed by atoms with Crippen LogP contribution in [0.1, 0.15) is 32.4 Å². The van der Waals surface area contributed by atoms with E-state index in [9.17, 15) is 9.59 Å². The van der Waals surface area contributed by atoms with Crippen molar-refractivity contribution in [2.75, 3.05) is 13.1 Å². The predicted molar refractivity (Wildman–Crippen MR) is 116 cm³/mol. The molecule has 1 amide bonds. The van der Waals surface area contributed by atoms with Crippen molar-refractivity contribution < 1.29 is 4.79 Å². The molecule has 0 bridgehead atoms. The van der Waals surface area contributed by atoms with Gasteiger partial charge in [0, 0.05) is 43.0 Å². The van der Waals surface area contributed by atoms with E-state index in [1.165, 1.54) is 11.3 Å². The summed E-state index contributed by atoms with van der Waals surface area (Å²) in [5.41, 5.74) is 2.67. The summed E-state index contributed by atoms with van der Waals surface area (Å²) >= 11 is 1.49. The van der Waals surface area contributed by atoms with Crippen molar-refractivity contribution in [1.29, 1.82) is 0 Å². The van der Waals surface area contributed by atoms with E-state index in [0.717, 1.165) is 47.8 Å². The molecular weight excluding hydrogens is 384 g/mol. The van der Waals surface area contributed by atoms with Crippen LogP contribution in [0.3, 0.4) is 0 Å². The van der Waals surface area contributed by atoms with Gasteiger partial charge < -0.3 is 5.32 Å². The number of amides is 1. The zero-order valence-electron chi connectivity index (χ0n) is 16.8. The van der Waals surface area contributed by atoms with Crippen LogP contribution in [-0.2, 0) is 11.3 Å². The minimum atomic E-state index is -0.0378. The number of thiazole rings is 1. The third-order valence-electron chi connectivity index (χ3n) is 5.37. The molecule has 2 aromatic heterocycles. The van der Waals surface area contributed by atoms with E-state index < -0.39 is 0 Å². The number of nitrogens with one attached hydrogen (secondary N) is 1. The Hall–Kier alpha value is -2.51. The Labute approximate surface area is 174 Å². The number of likely N-dealkylation sites (tertiary alicyclic amines) is 1. The normalized spacial score (nSPS) is 15.8. The first-order valence-corrected chi connectivity index (χ1v) is 11.0. The summed E-state index contributed by atoms with van der Waals surface area (Å²) in [6, 6.07) is 11.8. The molecule has 1 N–H and O–H groups in total. The SMILES string of the molecule is CC(C)C(=O)NC1CCN(Cc2cc(=O)n3c(-c4ccccc4)csc3n2)CC1. The average molecular weight is 411 g/mol. The van der Waals surface area contributed by atoms with Gasteiger partial charge in [-0.15, -0.1) is 11.3 Å². The monoisotopic (exact) mass is 410 g/mol. The van der Waals surface area contributed by atoms with Crippen molar-refractivity contribution in [3.8, 4) is 11.3 Å². The van der Waals surface area contributed by atoms with Crippen LogP contribution in [0.5, 0.6) is 0 Å². The summed E-state index contributed by atoms with van der Waals surface area (Å²) in [4.78, 5) is 32.4. The third-order valence-corrected chi connectivity index (χ3v) is 6.20. The van der Waals surface area contributed by atoms with Gasteiger partial charge in [-0.25, -0.2) is 4.98 Å². The minimum absolute atomic E-state index is 0.0171. The number of piperidine rings is 1. The number of hydrogen-bond acceptors (Lipinski definition) is 5. The lowest BCUT2D eigenvalue weighted by Crippen LogP contribution is -2.45. The molecule has 6 nitrogen and oxygen atoms in total. The third kappa shape index (κ3) is 4.41. The largest absolute Gasteiger partial charge is 0.353 e. The van der Waals surface area contributed by atoms with Crippen molar-refractivity contribution in [1.82, 2.24) is 19.6 Å². The van der Waals surface area contributed by atoms with Crippen molar-refractivity contribution in [2.45, 2.75) is 39.3 Å². The van der Waals surface area contributed by atoms with E-state index in [0.29, 0.717) is 6.54 Å². The summed E-state index contributed by atoms with van der Waals surface area (Å²) in [5.74, 6) is 0.138. The van der Waals surface area contributed by atoms with Gasteiger partial charge in [-0.2, -0.15) is 0 Å². The fourth-order valence-electron chi connectivity index (χ4n) is 3.69. The second-order valence-corrected chi connectivity index (χ2v) is 8.74. The smallest absolute Gasteiger partial charge is 0.259 e. The lowest BCUT2D eigenvalue weighted by atomic mass is 10.0. The van der Waals surface area contributed by atoms with Gasteiger partial charge in [0.2, 0.25) is 5.91 Å². The molecule has 1 aliphatic heterocycles. The number of benzene rings is 1. The molecule has 1 aliphatic rings. The fraction of sp³-hybridized carbons (Fsp3) is 0.409. The maximum atomic E-state index is 12.8. The van der Waals surface area contributed by atoms with Crippen molar-refractivity contribution in [3.05, 3.63) is 57.8 Å². The van der Waals surface area contributed by atoms with Gasteiger partial charge in [0.15, 0.2) is 4.96 Å². The van der Waals surface area contributed by atoms with Gasteiger partial charge >= 0.3 is 0 Å². The van der Waals surface area contributed by atoms with Gasteiger partial charge in [-0.3, -0.25) is 18.9 Å². The molecule has 3 aromatic rings. The van der Waals surface area contributed by atoms with Gasteiger partial charge in [0.25, 0.3) is 5.56 Å². The van der Waals surface area contributed by atoms with E-state index in [1.807, 2.05) is 49.6 Å². The highest BCUT2D eigenvalue weighted by molar-refractivity contribution is 7.15. The maximum Gasteiger partial charge on any atom is 0.259 e. The van der Waals surface area contributed by atoms with E-state index in [2.05, 4.69) is 10.2 Å². The number of rotatable bonds is 5. The number of nitrogens with zero attached hydrogens (tertiary/aromatic N) is 3. The zero-order valence-corrected chi connectivity index (χ0v) is 17.6. The first kappa shape index (κ1) is 19.8. The second kappa shape index (κ2) is 8.47. The Kier molecular flexibility index (Phi) is 5.78. The van der Waals surface area contributed by atoms with Crippen molar-refractivity contribution >= 4 is 22.2 Å².